The van der Waals surface area contributed by atoms with Crippen LogP contribution < -0.4 is 5.73 Å². The number of thiocarbonyl (C=S) groups is 1. The molecular formula is C10H18N2OS. The first kappa shape index (κ1) is 10.3. The molecule has 0 aliphatic carbocycles. The molecule has 2 aliphatic rings. The normalized spacial score (nSPS) is 26.9. The molecule has 0 saturated carbocycles. The van der Waals surface area contributed by atoms with Crippen molar-refractivity contribution in [2.75, 3.05) is 32.8 Å². The molecule has 1 spiro atoms. The van der Waals surface area contributed by atoms with Crippen LogP contribution in [0, 0.1) is 5.41 Å². The Kier molecular flexibility index (Phi) is 3.04. The number of hydrogen-bond donors (Lipinski definition) is 1. The zero-order valence-corrected chi connectivity index (χ0v) is 9.31. The van der Waals surface area contributed by atoms with E-state index in [0.29, 0.717) is 10.4 Å². The molecule has 14 heavy (non-hydrogen) atoms. The molecule has 0 amide bonds. The van der Waals surface area contributed by atoms with Crippen molar-refractivity contribution >= 4 is 17.2 Å². The molecule has 0 aromatic heterocycles. The number of likely N-dealkylation sites (tertiary alicyclic amines) is 1. The van der Waals surface area contributed by atoms with Crippen LogP contribution in [0.5, 0.6) is 0 Å². The summed E-state index contributed by atoms with van der Waals surface area (Å²) in [6.45, 7) is 4.96. The molecule has 2 heterocycles. The Morgan fingerprint density at radius 1 is 1.36 bits per heavy atom. The van der Waals surface area contributed by atoms with Crippen LogP contribution in [-0.2, 0) is 4.74 Å². The van der Waals surface area contributed by atoms with Crippen LogP contribution in [0.4, 0.5) is 0 Å². The molecule has 0 aromatic carbocycles. The van der Waals surface area contributed by atoms with E-state index in [2.05, 4.69) is 4.90 Å². The summed E-state index contributed by atoms with van der Waals surface area (Å²) in [5.74, 6) is 0. The third-order valence-electron chi connectivity index (χ3n) is 3.45. The SMILES string of the molecule is NC(=S)CN1CCC2(CCOCC2)C1. The van der Waals surface area contributed by atoms with Crippen molar-refractivity contribution in [2.45, 2.75) is 19.3 Å². The fraction of sp³-hybridized carbons (Fsp3) is 0.900. The Morgan fingerprint density at radius 2 is 2.07 bits per heavy atom. The van der Waals surface area contributed by atoms with E-state index in [1.165, 1.54) is 19.3 Å². The predicted molar refractivity (Wildman–Crippen MR) is 60.3 cm³/mol. The first-order valence-electron chi connectivity index (χ1n) is 5.29. The zero-order valence-electron chi connectivity index (χ0n) is 8.50. The Labute approximate surface area is 90.6 Å². The number of nitrogens with zero attached hydrogens (tertiary/aromatic N) is 1. The molecule has 0 aromatic rings. The Hall–Kier alpha value is -0.190. The summed E-state index contributed by atoms with van der Waals surface area (Å²) in [6, 6.07) is 0. The van der Waals surface area contributed by atoms with Gasteiger partial charge in [-0.2, -0.15) is 0 Å². The van der Waals surface area contributed by atoms with Crippen molar-refractivity contribution in [1.29, 1.82) is 0 Å². The lowest BCUT2D eigenvalue weighted by Gasteiger charge is -2.33. The average molecular weight is 214 g/mol. The standard InChI is InChI=1S/C10H18N2OS/c11-9(14)7-12-4-1-10(8-12)2-5-13-6-3-10/h1-8H2,(H2,11,14). The van der Waals surface area contributed by atoms with Gasteiger partial charge in [0.15, 0.2) is 0 Å². The lowest BCUT2D eigenvalue weighted by atomic mass is 9.80. The number of rotatable bonds is 2. The molecule has 0 unspecified atom stereocenters. The zero-order chi connectivity index (χ0) is 10.0. The largest absolute Gasteiger partial charge is 0.392 e. The summed E-state index contributed by atoms with van der Waals surface area (Å²) in [5, 5.41) is 0. The quantitative estimate of drug-likeness (QED) is 0.689. The van der Waals surface area contributed by atoms with Crippen LogP contribution in [-0.4, -0.2) is 42.7 Å². The minimum absolute atomic E-state index is 0.517. The van der Waals surface area contributed by atoms with E-state index in [1.54, 1.807) is 0 Å². The second-order valence-electron chi connectivity index (χ2n) is 4.54. The molecule has 2 aliphatic heterocycles. The van der Waals surface area contributed by atoms with Crippen molar-refractivity contribution < 1.29 is 4.74 Å². The predicted octanol–water partition coefficient (Wildman–Crippen LogP) is 0.775. The average Bonchev–Trinajstić information content (AvgIpc) is 2.49. The molecule has 3 nitrogen and oxygen atoms in total. The molecule has 2 N–H and O–H groups in total. The number of ether oxygens (including phenoxy) is 1. The van der Waals surface area contributed by atoms with Crippen LogP contribution in [0.15, 0.2) is 0 Å². The summed E-state index contributed by atoms with van der Waals surface area (Å²) in [4.78, 5) is 3.00. The van der Waals surface area contributed by atoms with Gasteiger partial charge in [-0.25, -0.2) is 0 Å². The maximum Gasteiger partial charge on any atom is 0.0870 e. The Bertz CT molecular complexity index is 226. The first-order chi connectivity index (χ1) is 6.70. The van der Waals surface area contributed by atoms with Gasteiger partial charge in [-0.05, 0) is 31.2 Å². The summed E-state index contributed by atoms with van der Waals surface area (Å²) in [5.41, 5.74) is 6.07. The van der Waals surface area contributed by atoms with E-state index in [0.717, 1.165) is 32.8 Å². The lowest BCUT2D eigenvalue weighted by molar-refractivity contribution is 0.0201. The number of hydrogen-bond acceptors (Lipinski definition) is 3. The maximum absolute atomic E-state index is 5.56. The second kappa shape index (κ2) is 4.13. The molecule has 0 atom stereocenters. The summed E-state index contributed by atoms with van der Waals surface area (Å²) >= 11 is 4.93. The van der Waals surface area contributed by atoms with Gasteiger partial charge in [-0.15, -0.1) is 0 Å². The van der Waals surface area contributed by atoms with Gasteiger partial charge in [0.25, 0.3) is 0 Å². The number of nitrogens with two attached hydrogens (primary N) is 1. The van der Waals surface area contributed by atoms with Gasteiger partial charge in [-0.3, -0.25) is 4.90 Å². The first-order valence-corrected chi connectivity index (χ1v) is 5.69. The van der Waals surface area contributed by atoms with E-state index < -0.39 is 0 Å². The van der Waals surface area contributed by atoms with Crippen LogP contribution in [0.1, 0.15) is 19.3 Å². The van der Waals surface area contributed by atoms with Crippen LogP contribution in [0.3, 0.4) is 0 Å². The van der Waals surface area contributed by atoms with E-state index in [1.807, 2.05) is 0 Å². The van der Waals surface area contributed by atoms with Crippen LogP contribution >= 0.6 is 12.2 Å². The van der Waals surface area contributed by atoms with Crippen LogP contribution in [0.2, 0.25) is 0 Å². The van der Waals surface area contributed by atoms with Crippen LogP contribution in [0.25, 0.3) is 0 Å². The van der Waals surface area contributed by atoms with Gasteiger partial charge < -0.3 is 10.5 Å². The highest BCUT2D eigenvalue weighted by Crippen LogP contribution is 2.39. The van der Waals surface area contributed by atoms with Gasteiger partial charge in [0, 0.05) is 26.3 Å². The molecule has 4 heteroatoms. The fourth-order valence-electron chi connectivity index (χ4n) is 2.60. The smallest absolute Gasteiger partial charge is 0.0870 e. The van der Waals surface area contributed by atoms with Crippen molar-refractivity contribution in [3.63, 3.8) is 0 Å². The topological polar surface area (TPSA) is 38.5 Å². The van der Waals surface area contributed by atoms with Gasteiger partial charge in [0.05, 0.1) is 4.99 Å². The van der Waals surface area contributed by atoms with Crippen molar-refractivity contribution in [2.24, 2.45) is 11.1 Å². The fourth-order valence-corrected chi connectivity index (χ4v) is 2.78. The molecule has 2 saturated heterocycles. The molecule has 2 fully saturated rings. The van der Waals surface area contributed by atoms with Crippen molar-refractivity contribution in [3.8, 4) is 0 Å². The lowest BCUT2D eigenvalue weighted by Crippen LogP contribution is -2.36. The third kappa shape index (κ3) is 2.24. The van der Waals surface area contributed by atoms with Gasteiger partial charge in [0.2, 0.25) is 0 Å². The van der Waals surface area contributed by atoms with E-state index in [4.69, 9.17) is 22.7 Å². The molecule has 2 rings (SSSR count). The van der Waals surface area contributed by atoms with Crippen molar-refractivity contribution in [3.05, 3.63) is 0 Å². The minimum Gasteiger partial charge on any atom is -0.392 e. The highest BCUT2D eigenvalue weighted by Gasteiger charge is 2.39. The van der Waals surface area contributed by atoms with Crippen molar-refractivity contribution in [1.82, 2.24) is 4.90 Å². The van der Waals surface area contributed by atoms with Gasteiger partial charge in [-0.1, -0.05) is 12.2 Å². The minimum atomic E-state index is 0.517. The van der Waals surface area contributed by atoms with Gasteiger partial charge in [0.1, 0.15) is 0 Å². The van der Waals surface area contributed by atoms with E-state index in [9.17, 15) is 0 Å². The highest BCUT2D eigenvalue weighted by molar-refractivity contribution is 7.80. The monoisotopic (exact) mass is 214 g/mol. The molecule has 0 bridgehead atoms. The molecule has 80 valence electrons. The summed E-state index contributed by atoms with van der Waals surface area (Å²) in [7, 11) is 0. The second-order valence-corrected chi connectivity index (χ2v) is 5.06. The summed E-state index contributed by atoms with van der Waals surface area (Å²) in [6.07, 6.45) is 3.71. The Balaban J connectivity index is 1.89. The maximum atomic E-state index is 5.56. The van der Waals surface area contributed by atoms with E-state index in [-0.39, 0.29) is 0 Å². The third-order valence-corrected chi connectivity index (χ3v) is 3.58. The molecular weight excluding hydrogens is 196 g/mol. The summed E-state index contributed by atoms with van der Waals surface area (Å²) < 4.78 is 5.40. The Morgan fingerprint density at radius 3 is 2.71 bits per heavy atom. The highest BCUT2D eigenvalue weighted by atomic mass is 32.1. The van der Waals surface area contributed by atoms with E-state index >= 15 is 0 Å². The van der Waals surface area contributed by atoms with Gasteiger partial charge >= 0.3 is 0 Å². The molecule has 0 radical (unpaired) electrons.